The molecule has 1 amide bonds. The van der Waals surface area contributed by atoms with Gasteiger partial charge in [-0.25, -0.2) is 4.98 Å². The summed E-state index contributed by atoms with van der Waals surface area (Å²) in [6.45, 7) is 3.70. The molecule has 37 heavy (non-hydrogen) atoms. The van der Waals surface area contributed by atoms with Crippen molar-refractivity contribution in [3.8, 4) is 5.75 Å². The number of hydrogen-bond donors (Lipinski definition) is 2. The number of aromatic amines is 1. The number of alkyl halides is 3. The summed E-state index contributed by atoms with van der Waals surface area (Å²) < 4.78 is 43.0. The monoisotopic (exact) mass is 530 g/mol. The van der Waals surface area contributed by atoms with Crippen molar-refractivity contribution in [2.45, 2.75) is 57.7 Å². The van der Waals surface area contributed by atoms with Gasteiger partial charge in [-0.2, -0.15) is 18.3 Å². The summed E-state index contributed by atoms with van der Waals surface area (Å²) in [5.74, 6) is 1.05. The van der Waals surface area contributed by atoms with Crippen LogP contribution in [0.15, 0.2) is 36.4 Å². The van der Waals surface area contributed by atoms with Crippen molar-refractivity contribution in [2.24, 2.45) is 0 Å². The molecule has 0 saturated heterocycles. The third kappa shape index (κ3) is 4.97. The number of rotatable bonds is 6. The van der Waals surface area contributed by atoms with Gasteiger partial charge in [0.05, 0.1) is 22.7 Å². The fraction of sp³-hybridized carbons (Fsp3) is 0.370. The average molecular weight is 531 g/mol. The molecule has 2 aliphatic rings. The first kappa shape index (κ1) is 25.3. The van der Waals surface area contributed by atoms with Crippen molar-refractivity contribution in [2.75, 3.05) is 6.61 Å². The molecule has 1 atom stereocenters. The van der Waals surface area contributed by atoms with E-state index < -0.39 is 18.1 Å². The second kappa shape index (κ2) is 9.52. The van der Waals surface area contributed by atoms with E-state index in [0.717, 1.165) is 27.8 Å². The summed E-state index contributed by atoms with van der Waals surface area (Å²) in [7, 11) is 0. The zero-order chi connectivity index (χ0) is 26.4. The zero-order valence-corrected chi connectivity index (χ0v) is 21.2. The maximum absolute atomic E-state index is 13.6. The number of halogens is 4. The number of carbonyl (C=O) groups is 1. The van der Waals surface area contributed by atoms with E-state index in [4.69, 9.17) is 16.3 Å². The van der Waals surface area contributed by atoms with Crippen molar-refractivity contribution in [3.05, 3.63) is 75.3 Å². The Balaban J connectivity index is 1.49. The lowest BCUT2D eigenvalue weighted by molar-refractivity contribution is -0.136. The molecule has 1 spiro atoms. The highest BCUT2D eigenvalue weighted by Gasteiger charge is 2.47. The van der Waals surface area contributed by atoms with Gasteiger partial charge in [0, 0.05) is 12.8 Å². The smallest absolute Gasteiger partial charge is 0.389 e. The summed E-state index contributed by atoms with van der Waals surface area (Å²) in [5, 5.41) is 10.7. The highest BCUT2D eigenvalue weighted by molar-refractivity contribution is 6.33. The van der Waals surface area contributed by atoms with Gasteiger partial charge in [-0.15, -0.1) is 0 Å². The van der Waals surface area contributed by atoms with Crippen molar-refractivity contribution in [3.63, 3.8) is 0 Å². The predicted octanol–water partition coefficient (Wildman–Crippen LogP) is 6.07. The third-order valence-corrected chi connectivity index (χ3v) is 7.38. The molecule has 1 aromatic heterocycles. The van der Waals surface area contributed by atoms with Crippen molar-refractivity contribution in [1.29, 1.82) is 0 Å². The number of amides is 1. The van der Waals surface area contributed by atoms with Crippen LogP contribution in [-0.4, -0.2) is 33.9 Å². The Labute approximate surface area is 217 Å². The van der Waals surface area contributed by atoms with Crippen molar-refractivity contribution >= 4 is 28.7 Å². The fourth-order valence-electron chi connectivity index (χ4n) is 5.19. The second-order valence-corrected chi connectivity index (χ2v) is 10.0. The number of H-pyrrole nitrogens is 1. The second-order valence-electron chi connectivity index (χ2n) is 9.65. The molecular weight excluding hydrogens is 505 g/mol. The normalized spacial score (nSPS) is 19.4. The van der Waals surface area contributed by atoms with Gasteiger partial charge in [0.15, 0.2) is 5.82 Å². The van der Waals surface area contributed by atoms with E-state index in [1.165, 1.54) is 0 Å². The lowest BCUT2D eigenvalue weighted by Gasteiger charge is -2.37. The van der Waals surface area contributed by atoms with Crippen molar-refractivity contribution in [1.82, 2.24) is 20.5 Å². The maximum atomic E-state index is 13.6. The molecular formula is C27H26ClF3N4O2. The van der Waals surface area contributed by atoms with E-state index in [2.05, 4.69) is 20.5 Å². The SMILES string of the molecule is Cc1ccc(C2=C(c3n[nH]c(C)n3)C(=O)N[C@@]3(CCc4c3ccc(OCCCC(F)(F)F)c4Cl)C2)cc1. The molecule has 2 N–H and O–H groups in total. The van der Waals surface area contributed by atoms with Crippen LogP contribution in [-0.2, 0) is 16.8 Å². The predicted molar refractivity (Wildman–Crippen MR) is 134 cm³/mol. The zero-order valence-electron chi connectivity index (χ0n) is 20.4. The summed E-state index contributed by atoms with van der Waals surface area (Å²) in [5.41, 5.74) is 4.36. The Morgan fingerprint density at radius 3 is 2.57 bits per heavy atom. The lowest BCUT2D eigenvalue weighted by atomic mass is 9.77. The van der Waals surface area contributed by atoms with Crippen LogP contribution in [0.3, 0.4) is 0 Å². The first-order valence-electron chi connectivity index (χ1n) is 12.1. The molecule has 3 aromatic rings. The average Bonchev–Trinajstić information content (AvgIpc) is 3.41. The Morgan fingerprint density at radius 2 is 1.89 bits per heavy atom. The van der Waals surface area contributed by atoms with Gasteiger partial charge in [0.1, 0.15) is 11.6 Å². The minimum Gasteiger partial charge on any atom is -0.492 e. The quantitative estimate of drug-likeness (QED) is 0.379. The Bertz CT molecular complexity index is 1380. The number of ether oxygens (including phenoxy) is 1. The fourth-order valence-corrected chi connectivity index (χ4v) is 5.50. The van der Waals surface area contributed by atoms with E-state index in [0.29, 0.717) is 47.3 Å². The number of nitrogens with one attached hydrogen (secondary N) is 2. The molecule has 0 bridgehead atoms. The maximum Gasteiger partial charge on any atom is 0.389 e. The Kier molecular flexibility index (Phi) is 6.52. The molecule has 2 aromatic carbocycles. The van der Waals surface area contributed by atoms with Gasteiger partial charge >= 0.3 is 6.18 Å². The lowest BCUT2D eigenvalue weighted by Crippen LogP contribution is -2.48. The van der Waals surface area contributed by atoms with Gasteiger partial charge in [0.2, 0.25) is 0 Å². The summed E-state index contributed by atoms with van der Waals surface area (Å²) >= 11 is 6.66. The molecule has 194 valence electrons. The molecule has 1 aliphatic heterocycles. The molecule has 0 saturated carbocycles. The molecule has 6 nitrogen and oxygen atoms in total. The number of hydrogen-bond acceptors (Lipinski definition) is 4. The van der Waals surface area contributed by atoms with Crippen molar-refractivity contribution < 1.29 is 22.7 Å². The standard InChI is InChI=1S/C27H26ClF3N4O2/c1-15-4-6-17(7-5-15)19-14-26(33-25(36)22(19)24-32-16(2)34-35-24)12-10-18-20(26)8-9-21(23(18)28)37-13-3-11-27(29,30)31/h4-9H,3,10-14H2,1-2H3,(H,33,36)(H,32,34,35)/t26-/m0/s1. The van der Waals surface area contributed by atoms with E-state index in [9.17, 15) is 18.0 Å². The Morgan fingerprint density at radius 1 is 1.14 bits per heavy atom. The molecule has 0 unspecified atom stereocenters. The third-order valence-electron chi connectivity index (χ3n) is 6.97. The van der Waals surface area contributed by atoms with E-state index in [1.54, 1.807) is 13.0 Å². The Hall–Kier alpha value is -3.33. The van der Waals surface area contributed by atoms with Crippen LogP contribution < -0.4 is 10.1 Å². The number of benzene rings is 2. The highest BCUT2D eigenvalue weighted by Crippen LogP contribution is 2.50. The van der Waals surface area contributed by atoms with Crippen LogP contribution in [0.25, 0.3) is 11.1 Å². The van der Waals surface area contributed by atoms with Gasteiger partial charge < -0.3 is 10.1 Å². The van der Waals surface area contributed by atoms with Crippen LogP contribution in [0.5, 0.6) is 5.75 Å². The summed E-state index contributed by atoms with van der Waals surface area (Å²) in [6, 6.07) is 11.5. The van der Waals surface area contributed by atoms with Gasteiger partial charge in [-0.1, -0.05) is 47.5 Å². The number of nitrogens with zero attached hydrogens (tertiary/aromatic N) is 2. The molecule has 1 aliphatic carbocycles. The molecule has 0 radical (unpaired) electrons. The minimum absolute atomic E-state index is 0.0837. The number of carbonyl (C=O) groups excluding carboxylic acids is 1. The molecule has 10 heteroatoms. The van der Waals surface area contributed by atoms with E-state index in [-0.39, 0.29) is 18.9 Å². The molecule has 2 heterocycles. The highest BCUT2D eigenvalue weighted by atomic mass is 35.5. The minimum atomic E-state index is -4.22. The van der Waals surface area contributed by atoms with Gasteiger partial charge in [-0.05, 0) is 61.4 Å². The van der Waals surface area contributed by atoms with E-state index >= 15 is 0 Å². The largest absolute Gasteiger partial charge is 0.492 e. The van der Waals surface area contributed by atoms with Gasteiger partial charge in [-0.3, -0.25) is 9.89 Å². The van der Waals surface area contributed by atoms with Crippen LogP contribution in [0.2, 0.25) is 5.02 Å². The first-order chi connectivity index (χ1) is 17.6. The topological polar surface area (TPSA) is 79.9 Å². The molecule has 0 fully saturated rings. The van der Waals surface area contributed by atoms with Gasteiger partial charge in [0.25, 0.3) is 5.91 Å². The van der Waals surface area contributed by atoms with Crippen LogP contribution in [0.1, 0.15) is 59.6 Å². The van der Waals surface area contributed by atoms with Crippen LogP contribution in [0, 0.1) is 13.8 Å². The molecule has 5 rings (SSSR count). The number of aromatic nitrogens is 3. The number of fused-ring (bicyclic) bond motifs is 2. The summed E-state index contributed by atoms with van der Waals surface area (Å²) in [4.78, 5) is 18.0. The first-order valence-corrected chi connectivity index (χ1v) is 12.5. The number of aryl methyl sites for hydroxylation is 2. The van der Waals surface area contributed by atoms with Crippen LogP contribution >= 0.6 is 11.6 Å². The summed E-state index contributed by atoms with van der Waals surface area (Å²) in [6.07, 6.45) is -3.54. The van der Waals surface area contributed by atoms with Crippen LogP contribution in [0.4, 0.5) is 13.2 Å². The van der Waals surface area contributed by atoms with E-state index in [1.807, 2.05) is 37.3 Å².